The van der Waals surface area contributed by atoms with Crippen LogP contribution in [-0.2, 0) is 11.2 Å². The third-order valence-electron chi connectivity index (χ3n) is 5.17. The Morgan fingerprint density at radius 2 is 1.81 bits per heavy atom. The van der Waals surface area contributed by atoms with Crippen molar-refractivity contribution >= 4 is 5.78 Å². The number of carbonyl (C=O) groups is 1. The molecule has 1 atom stereocenters. The quantitative estimate of drug-likeness (QED) is 0.799. The molecule has 1 aliphatic carbocycles. The highest BCUT2D eigenvalue weighted by molar-refractivity contribution is 5.95. The first-order valence-electron chi connectivity index (χ1n) is 8.77. The Hall–Kier alpha value is -2.95. The normalized spacial score (nSPS) is 15.2. The molecular formula is C22H24O5. The second-order valence-corrected chi connectivity index (χ2v) is 6.62. The largest absolute Gasteiger partial charge is 0.508 e. The van der Waals surface area contributed by atoms with Gasteiger partial charge in [0.1, 0.15) is 5.75 Å². The Kier molecular flexibility index (Phi) is 5.13. The smallest absolute Gasteiger partial charge is 0.203 e. The van der Waals surface area contributed by atoms with Crippen molar-refractivity contribution in [3.8, 4) is 34.1 Å². The molecule has 0 radical (unpaired) electrons. The molecule has 142 valence electrons. The van der Waals surface area contributed by atoms with Gasteiger partial charge in [-0.3, -0.25) is 4.79 Å². The van der Waals surface area contributed by atoms with Gasteiger partial charge in [0.05, 0.1) is 21.3 Å². The molecule has 1 N–H and O–H groups in total. The van der Waals surface area contributed by atoms with E-state index in [1.54, 1.807) is 33.5 Å². The van der Waals surface area contributed by atoms with Crippen molar-refractivity contribution in [1.29, 1.82) is 0 Å². The van der Waals surface area contributed by atoms with Crippen molar-refractivity contribution in [3.63, 3.8) is 0 Å². The van der Waals surface area contributed by atoms with Gasteiger partial charge in [-0.1, -0.05) is 12.6 Å². The van der Waals surface area contributed by atoms with Crippen LogP contribution >= 0.6 is 0 Å². The number of ketones is 1. The minimum atomic E-state index is -0.182. The van der Waals surface area contributed by atoms with Gasteiger partial charge >= 0.3 is 0 Å². The summed E-state index contributed by atoms with van der Waals surface area (Å²) in [7, 11) is 4.75. The minimum absolute atomic E-state index is 0.0534. The summed E-state index contributed by atoms with van der Waals surface area (Å²) in [5.41, 5.74) is 4.22. The first-order chi connectivity index (χ1) is 12.9. The van der Waals surface area contributed by atoms with Crippen LogP contribution in [0.25, 0.3) is 11.1 Å². The lowest BCUT2D eigenvalue weighted by molar-refractivity contribution is -0.113. The lowest BCUT2D eigenvalue weighted by atomic mass is 9.84. The molecule has 5 heteroatoms. The van der Waals surface area contributed by atoms with E-state index in [-0.39, 0.29) is 17.5 Å². The van der Waals surface area contributed by atoms with E-state index in [1.807, 2.05) is 12.1 Å². The van der Waals surface area contributed by atoms with Crippen molar-refractivity contribution < 1.29 is 24.1 Å². The molecule has 0 heterocycles. The second-order valence-electron chi connectivity index (χ2n) is 6.62. The average Bonchev–Trinajstić information content (AvgIpc) is 2.81. The van der Waals surface area contributed by atoms with Crippen molar-refractivity contribution in [2.45, 2.75) is 25.7 Å². The fourth-order valence-electron chi connectivity index (χ4n) is 3.83. The molecule has 0 aromatic heterocycles. The predicted molar refractivity (Wildman–Crippen MR) is 104 cm³/mol. The summed E-state index contributed by atoms with van der Waals surface area (Å²) < 4.78 is 16.7. The van der Waals surface area contributed by atoms with E-state index in [0.717, 1.165) is 22.3 Å². The van der Waals surface area contributed by atoms with Gasteiger partial charge in [0.15, 0.2) is 17.3 Å². The maximum Gasteiger partial charge on any atom is 0.203 e. The summed E-state index contributed by atoms with van der Waals surface area (Å²) in [4.78, 5) is 12.0. The monoisotopic (exact) mass is 368 g/mol. The van der Waals surface area contributed by atoms with Crippen molar-refractivity contribution in [2.24, 2.45) is 0 Å². The standard InChI is InChI=1S/C22H24O5/c1-12(13(2)23)16-8-6-14-10-19(25-3)21(26-4)22(27-5)20(14)17-9-7-15(24)11-18(16)17/h7,9-11,16,24H,1,6,8H2,2-5H3/t16-/m1/s1. The summed E-state index contributed by atoms with van der Waals surface area (Å²) in [6.45, 7) is 5.53. The van der Waals surface area contributed by atoms with Crippen LogP contribution in [-0.4, -0.2) is 32.2 Å². The molecule has 27 heavy (non-hydrogen) atoms. The van der Waals surface area contributed by atoms with Crippen LogP contribution < -0.4 is 14.2 Å². The van der Waals surface area contributed by atoms with Crippen LogP contribution in [0.4, 0.5) is 0 Å². The SMILES string of the molecule is C=C(C(C)=O)[C@H]1CCc2cc(OC)c(OC)c(OC)c2-c2ccc(O)cc21. The summed E-state index contributed by atoms with van der Waals surface area (Å²) >= 11 is 0. The van der Waals surface area contributed by atoms with E-state index in [0.29, 0.717) is 35.7 Å². The number of allylic oxidation sites excluding steroid dienone is 1. The molecule has 1 aliphatic rings. The topological polar surface area (TPSA) is 65.0 Å². The Labute approximate surface area is 159 Å². The maximum atomic E-state index is 12.0. The van der Waals surface area contributed by atoms with Gasteiger partial charge in [0.2, 0.25) is 5.75 Å². The number of rotatable bonds is 5. The lowest BCUT2D eigenvalue weighted by Crippen LogP contribution is -2.09. The third-order valence-corrected chi connectivity index (χ3v) is 5.17. The number of aromatic hydroxyl groups is 1. The number of fused-ring (bicyclic) bond motifs is 3. The fraction of sp³-hybridized carbons (Fsp3) is 0.318. The third kappa shape index (κ3) is 3.14. The molecule has 2 aromatic carbocycles. The van der Waals surface area contributed by atoms with E-state index in [4.69, 9.17) is 14.2 Å². The highest BCUT2D eigenvalue weighted by Gasteiger charge is 2.30. The Bertz CT molecular complexity index is 913. The first-order valence-corrected chi connectivity index (χ1v) is 8.77. The molecule has 2 aromatic rings. The van der Waals surface area contributed by atoms with Crippen molar-refractivity contribution in [2.75, 3.05) is 21.3 Å². The van der Waals surface area contributed by atoms with E-state index < -0.39 is 0 Å². The molecule has 0 saturated heterocycles. The summed E-state index contributed by atoms with van der Waals surface area (Å²) in [5, 5.41) is 10.1. The highest BCUT2D eigenvalue weighted by Crippen LogP contribution is 2.52. The van der Waals surface area contributed by atoms with Crippen LogP contribution in [0.3, 0.4) is 0 Å². The number of hydrogen-bond donors (Lipinski definition) is 1. The zero-order valence-corrected chi connectivity index (χ0v) is 16.1. The van der Waals surface area contributed by atoms with Crippen molar-refractivity contribution in [3.05, 3.63) is 47.5 Å². The zero-order valence-electron chi connectivity index (χ0n) is 16.1. The fourth-order valence-corrected chi connectivity index (χ4v) is 3.83. The van der Waals surface area contributed by atoms with Gasteiger partial charge < -0.3 is 19.3 Å². The Balaban J connectivity index is 2.35. The van der Waals surface area contributed by atoms with Gasteiger partial charge in [-0.05, 0) is 60.2 Å². The number of benzene rings is 2. The van der Waals surface area contributed by atoms with Gasteiger partial charge in [-0.15, -0.1) is 0 Å². The second kappa shape index (κ2) is 7.35. The minimum Gasteiger partial charge on any atom is -0.508 e. The number of ether oxygens (including phenoxy) is 3. The molecule has 0 bridgehead atoms. The predicted octanol–water partition coefficient (Wildman–Crippen LogP) is 4.26. The van der Waals surface area contributed by atoms with Crippen LogP contribution in [0.2, 0.25) is 0 Å². The number of phenolic OH excluding ortho intramolecular Hbond substituents is 1. The number of aryl methyl sites for hydroxylation is 1. The summed E-state index contributed by atoms with van der Waals surface area (Å²) in [6.07, 6.45) is 1.40. The van der Waals surface area contributed by atoms with Gasteiger partial charge in [0, 0.05) is 11.5 Å². The molecular weight excluding hydrogens is 344 g/mol. The molecule has 0 spiro atoms. The summed E-state index contributed by atoms with van der Waals surface area (Å²) in [5.74, 6) is 1.60. The van der Waals surface area contributed by atoms with E-state index in [1.165, 1.54) is 6.92 Å². The van der Waals surface area contributed by atoms with Gasteiger partial charge in [0.25, 0.3) is 0 Å². The molecule has 0 fully saturated rings. The molecule has 0 amide bonds. The average molecular weight is 368 g/mol. The molecule has 0 aliphatic heterocycles. The van der Waals surface area contributed by atoms with E-state index in [9.17, 15) is 9.90 Å². The van der Waals surface area contributed by atoms with E-state index in [2.05, 4.69) is 6.58 Å². The van der Waals surface area contributed by atoms with Crippen molar-refractivity contribution in [1.82, 2.24) is 0 Å². The van der Waals surface area contributed by atoms with Crippen LogP contribution in [0, 0.1) is 0 Å². The van der Waals surface area contributed by atoms with E-state index >= 15 is 0 Å². The van der Waals surface area contributed by atoms with Gasteiger partial charge in [-0.25, -0.2) is 0 Å². The lowest BCUT2D eigenvalue weighted by Gasteiger charge is -2.21. The van der Waals surface area contributed by atoms with Gasteiger partial charge in [-0.2, -0.15) is 0 Å². The highest BCUT2D eigenvalue weighted by atomic mass is 16.5. The zero-order chi connectivity index (χ0) is 19.7. The Morgan fingerprint density at radius 1 is 1.11 bits per heavy atom. The molecule has 5 nitrogen and oxygen atoms in total. The molecule has 0 unspecified atom stereocenters. The van der Waals surface area contributed by atoms with Crippen LogP contribution in [0.5, 0.6) is 23.0 Å². The molecule has 0 saturated carbocycles. The van der Waals surface area contributed by atoms with Crippen LogP contribution in [0.1, 0.15) is 30.4 Å². The summed E-state index contributed by atoms with van der Waals surface area (Å²) in [6, 6.07) is 7.15. The number of Topliss-reactive ketones (excluding diaryl/α,β-unsaturated/α-hetero) is 1. The van der Waals surface area contributed by atoms with Crippen LogP contribution in [0.15, 0.2) is 36.4 Å². The first kappa shape index (κ1) is 18.8. The maximum absolute atomic E-state index is 12.0. The number of phenols is 1. The Morgan fingerprint density at radius 3 is 2.41 bits per heavy atom. The number of methoxy groups -OCH3 is 3. The molecule has 3 rings (SSSR count). The number of carbonyl (C=O) groups excluding carboxylic acids is 1. The number of hydrogen-bond acceptors (Lipinski definition) is 5.